The molecule has 1 heterocycles. The monoisotopic (exact) mass is 222 g/mol. The van der Waals surface area contributed by atoms with E-state index in [9.17, 15) is 14.4 Å². The van der Waals surface area contributed by atoms with Gasteiger partial charge in [-0.15, -0.1) is 0 Å². The van der Waals surface area contributed by atoms with Gasteiger partial charge < -0.3 is 0 Å². The number of amides is 4. The summed E-state index contributed by atoms with van der Waals surface area (Å²) in [7, 11) is 0. The lowest BCUT2D eigenvalue weighted by molar-refractivity contribution is -0.159. The fourth-order valence-corrected chi connectivity index (χ4v) is 2.54. The molecule has 16 heavy (non-hydrogen) atoms. The van der Waals surface area contributed by atoms with E-state index in [1.807, 2.05) is 6.92 Å². The Labute approximate surface area is 93.2 Å². The summed E-state index contributed by atoms with van der Waals surface area (Å²) in [5, 5.41) is 2.33. The Morgan fingerprint density at radius 3 is 2.19 bits per heavy atom. The summed E-state index contributed by atoms with van der Waals surface area (Å²) in [5.74, 6) is -0.665. The molecule has 1 N–H and O–H groups in total. The number of carbonyl (C=O) groups excluding carboxylic acids is 3. The molecule has 1 saturated heterocycles. The van der Waals surface area contributed by atoms with Crippen LogP contribution in [0.5, 0.6) is 0 Å². The Morgan fingerprint density at radius 2 is 1.75 bits per heavy atom. The molecule has 0 aromatic rings. The van der Waals surface area contributed by atoms with E-state index >= 15 is 0 Å². The highest BCUT2D eigenvalue weighted by Crippen LogP contribution is 2.50. The maximum atomic E-state index is 12.3. The summed E-state index contributed by atoms with van der Waals surface area (Å²) in [4.78, 5) is 37.0. The number of barbiturate groups is 1. The van der Waals surface area contributed by atoms with Crippen LogP contribution in [-0.4, -0.2) is 28.3 Å². The lowest BCUT2D eigenvalue weighted by atomic mass is 9.66. The molecule has 2 aliphatic carbocycles. The minimum atomic E-state index is -0.917. The summed E-state index contributed by atoms with van der Waals surface area (Å²) in [6.07, 6.45) is 3.74. The SMILES string of the molecule is CC1(N2C(=O)NC(=O)C3(CCC3)C2=O)CC1. The van der Waals surface area contributed by atoms with E-state index in [1.165, 1.54) is 4.90 Å². The van der Waals surface area contributed by atoms with Gasteiger partial charge in [-0.05, 0) is 32.6 Å². The van der Waals surface area contributed by atoms with E-state index in [0.717, 1.165) is 19.3 Å². The molecule has 1 spiro atoms. The van der Waals surface area contributed by atoms with E-state index in [2.05, 4.69) is 5.32 Å². The molecule has 2 saturated carbocycles. The number of hydrogen-bond donors (Lipinski definition) is 1. The van der Waals surface area contributed by atoms with Gasteiger partial charge in [0.2, 0.25) is 11.8 Å². The first-order valence-corrected chi connectivity index (χ1v) is 5.70. The quantitative estimate of drug-likeness (QED) is 0.667. The van der Waals surface area contributed by atoms with Crippen molar-refractivity contribution in [3.8, 4) is 0 Å². The first kappa shape index (κ1) is 9.81. The van der Waals surface area contributed by atoms with E-state index < -0.39 is 17.4 Å². The third-order valence-electron chi connectivity index (χ3n) is 4.19. The fraction of sp³-hybridized carbons (Fsp3) is 0.727. The first-order valence-electron chi connectivity index (χ1n) is 5.70. The van der Waals surface area contributed by atoms with Gasteiger partial charge in [-0.2, -0.15) is 0 Å². The number of nitrogens with one attached hydrogen (secondary N) is 1. The number of urea groups is 1. The van der Waals surface area contributed by atoms with Gasteiger partial charge in [0, 0.05) is 5.54 Å². The smallest absolute Gasteiger partial charge is 0.277 e. The van der Waals surface area contributed by atoms with Gasteiger partial charge in [-0.25, -0.2) is 4.79 Å². The topological polar surface area (TPSA) is 66.5 Å². The van der Waals surface area contributed by atoms with Gasteiger partial charge in [-0.1, -0.05) is 6.42 Å². The molecule has 1 aliphatic heterocycles. The van der Waals surface area contributed by atoms with Crippen molar-refractivity contribution in [1.82, 2.24) is 10.2 Å². The normalized spacial score (nSPS) is 30.1. The second kappa shape index (κ2) is 2.64. The molecular formula is C11H14N2O3. The van der Waals surface area contributed by atoms with Crippen molar-refractivity contribution in [2.75, 3.05) is 0 Å². The minimum Gasteiger partial charge on any atom is -0.277 e. The van der Waals surface area contributed by atoms with Crippen LogP contribution in [0.4, 0.5) is 4.79 Å². The van der Waals surface area contributed by atoms with Gasteiger partial charge in [0.25, 0.3) is 0 Å². The fourth-order valence-electron chi connectivity index (χ4n) is 2.54. The molecule has 3 rings (SSSR count). The van der Waals surface area contributed by atoms with Crippen molar-refractivity contribution in [3.05, 3.63) is 0 Å². The molecular weight excluding hydrogens is 208 g/mol. The standard InChI is InChI=1S/C11H14N2O3/c1-10(5-6-10)13-8(15)11(3-2-4-11)7(14)12-9(13)16/h2-6H2,1H3,(H,12,14,16). The van der Waals surface area contributed by atoms with Crippen LogP contribution in [0.2, 0.25) is 0 Å². The van der Waals surface area contributed by atoms with Crippen LogP contribution in [0.1, 0.15) is 39.0 Å². The molecule has 0 aromatic carbocycles. The van der Waals surface area contributed by atoms with Gasteiger partial charge >= 0.3 is 6.03 Å². The van der Waals surface area contributed by atoms with Gasteiger partial charge in [0.05, 0.1) is 0 Å². The van der Waals surface area contributed by atoms with Crippen LogP contribution >= 0.6 is 0 Å². The molecule has 5 heteroatoms. The first-order chi connectivity index (χ1) is 7.50. The van der Waals surface area contributed by atoms with Crippen molar-refractivity contribution < 1.29 is 14.4 Å². The zero-order valence-electron chi connectivity index (χ0n) is 9.21. The Bertz CT molecular complexity index is 407. The Kier molecular flexibility index (Phi) is 1.62. The molecule has 86 valence electrons. The highest BCUT2D eigenvalue weighted by Gasteiger charge is 2.62. The summed E-state index contributed by atoms with van der Waals surface area (Å²) in [5.41, 5.74) is -1.26. The zero-order chi connectivity index (χ0) is 11.6. The van der Waals surface area contributed by atoms with Crippen LogP contribution in [-0.2, 0) is 9.59 Å². The number of carbonyl (C=O) groups is 3. The van der Waals surface area contributed by atoms with Gasteiger partial charge in [-0.3, -0.25) is 19.8 Å². The minimum absolute atomic E-state index is 0.271. The van der Waals surface area contributed by atoms with E-state index in [-0.39, 0.29) is 11.4 Å². The number of rotatable bonds is 1. The van der Waals surface area contributed by atoms with Crippen LogP contribution < -0.4 is 5.32 Å². The molecule has 0 aromatic heterocycles. The maximum Gasteiger partial charge on any atom is 0.331 e. The van der Waals surface area contributed by atoms with E-state index in [4.69, 9.17) is 0 Å². The molecule has 0 bridgehead atoms. The molecule has 3 fully saturated rings. The third kappa shape index (κ3) is 0.982. The van der Waals surface area contributed by atoms with E-state index in [1.54, 1.807) is 0 Å². The van der Waals surface area contributed by atoms with Gasteiger partial charge in [0.1, 0.15) is 5.41 Å². The van der Waals surface area contributed by atoms with Crippen molar-refractivity contribution in [2.45, 2.75) is 44.6 Å². The third-order valence-corrected chi connectivity index (χ3v) is 4.19. The summed E-state index contributed by atoms with van der Waals surface area (Å²) in [6.45, 7) is 1.90. The largest absolute Gasteiger partial charge is 0.331 e. The highest BCUT2D eigenvalue weighted by atomic mass is 16.2. The van der Waals surface area contributed by atoms with Crippen LogP contribution in [0.15, 0.2) is 0 Å². The van der Waals surface area contributed by atoms with Crippen molar-refractivity contribution in [1.29, 1.82) is 0 Å². The number of imide groups is 2. The Balaban J connectivity index is 1.98. The summed E-state index contributed by atoms with van der Waals surface area (Å²) in [6, 6.07) is -0.535. The van der Waals surface area contributed by atoms with Crippen molar-refractivity contribution >= 4 is 17.8 Å². The zero-order valence-corrected chi connectivity index (χ0v) is 9.21. The van der Waals surface area contributed by atoms with E-state index in [0.29, 0.717) is 12.8 Å². The Morgan fingerprint density at radius 1 is 1.12 bits per heavy atom. The second-order valence-electron chi connectivity index (χ2n) is 5.33. The lowest BCUT2D eigenvalue weighted by Gasteiger charge is -2.46. The number of nitrogens with zero attached hydrogens (tertiary/aromatic N) is 1. The summed E-state index contributed by atoms with van der Waals surface area (Å²) >= 11 is 0. The predicted octanol–water partition coefficient (Wildman–Crippen LogP) is 0.788. The van der Waals surface area contributed by atoms with Gasteiger partial charge in [0.15, 0.2) is 0 Å². The summed E-state index contributed by atoms with van der Waals surface area (Å²) < 4.78 is 0. The molecule has 0 atom stereocenters. The van der Waals surface area contributed by atoms with Crippen molar-refractivity contribution in [3.63, 3.8) is 0 Å². The Hall–Kier alpha value is -1.39. The highest BCUT2D eigenvalue weighted by molar-refractivity contribution is 6.20. The maximum absolute atomic E-state index is 12.3. The molecule has 4 amide bonds. The van der Waals surface area contributed by atoms with Crippen LogP contribution in [0.25, 0.3) is 0 Å². The molecule has 0 unspecified atom stereocenters. The molecule has 3 aliphatic rings. The molecule has 5 nitrogen and oxygen atoms in total. The van der Waals surface area contributed by atoms with Crippen molar-refractivity contribution in [2.24, 2.45) is 5.41 Å². The van der Waals surface area contributed by atoms with Crippen LogP contribution in [0, 0.1) is 5.41 Å². The number of hydrogen-bond acceptors (Lipinski definition) is 3. The lowest BCUT2D eigenvalue weighted by Crippen LogP contribution is -2.68. The second-order valence-corrected chi connectivity index (χ2v) is 5.33. The molecule has 0 radical (unpaired) electrons. The van der Waals surface area contributed by atoms with Crippen LogP contribution in [0.3, 0.4) is 0 Å². The predicted molar refractivity (Wildman–Crippen MR) is 54.3 cm³/mol. The average molecular weight is 222 g/mol. The average Bonchev–Trinajstić information content (AvgIpc) is 2.80.